The number of benzene rings is 1. The van der Waals surface area contributed by atoms with E-state index in [9.17, 15) is 8.42 Å². The summed E-state index contributed by atoms with van der Waals surface area (Å²) in [4.78, 5) is 0.147. The zero-order valence-corrected chi connectivity index (χ0v) is 12.8. The molecule has 0 amide bonds. The van der Waals surface area contributed by atoms with Gasteiger partial charge in [0.1, 0.15) is 0 Å². The Balaban J connectivity index is 3.07. The summed E-state index contributed by atoms with van der Waals surface area (Å²) in [5.41, 5.74) is 0.943. The highest BCUT2D eigenvalue weighted by Crippen LogP contribution is 2.17. The minimum atomic E-state index is -3.65. The Kier molecular flexibility index (Phi) is 6.14. The van der Waals surface area contributed by atoms with E-state index in [-0.39, 0.29) is 10.9 Å². The van der Waals surface area contributed by atoms with E-state index in [2.05, 4.69) is 4.72 Å². The Hall–Kier alpha value is -1.42. The average Bonchev–Trinajstić information content (AvgIpc) is 2.39. The van der Waals surface area contributed by atoms with E-state index in [1.165, 1.54) is 6.07 Å². The number of ether oxygens (including phenoxy) is 1. The third kappa shape index (κ3) is 4.30. The molecule has 1 aromatic carbocycles. The highest BCUT2D eigenvalue weighted by molar-refractivity contribution is 7.89. The van der Waals surface area contributed by atoms with Crippen LogP contribution in [0.15, 0.2) is 23.1 Å². The normalized spacial score (nSPS) is 12.9. The van der Waals surface area contributed by atoms with Gasteiger partial charge in [0, 0.05) is 13.2 Å². The molecule has 20 heavy (non-hydrogen) atoms. The fraction of sp³-hybridized carbons (Fsp3) is 0.500. The molecule has 0 saturated heterocycles. The van der Waals surface area contributed by atoms with Crippen molar-refractivity contribution in [3.8, 4) is 6.07 Å². The molecule has 1 atom stereocenters. The number of nitriles is 1. The molecule has 110 valence electrons. The summed E-state index contributed by atoms with van der Waals surface area (Å²) in [6.45, 7) is 4.02. The van der Waals surface area contributed by atoms with Crippen molar-refractivity contribution in [1.29, 1.82) is 5.26 Å². The van der Waals surface area contributed by atoms with Gasteiger partial charge in [-0.25, -0.2) is 13.1 Å². The van der Waals surface area contributed by atoms with Gasteiger partial charge in [-0.15, -0.1) is 0 Å². The summed E-state index contributed by atoms with van der Waals surface area (Å²) >= 11 is 0. The predicted octanol–water partition coefficient (Wildman–Crippen LogP) is 1.96. The van der Waals surface area contributed by atoms with E-state index >= 15 is 0 Å². The van der Waals surface area contributed by atoms with Crippen molar-refractivity contribution < 1.29 is 13.2 Å². The zero-order valence-electron chi connectivity index (χ0n) is 12.0. The van der Waals surface area contributed by atoms with Gasteiger partial charge in [-0.1, -0.05) is 19.4 Å². The van der Waals surface area contributed by atoms with Crippen LogP contribution in [0.25, 0.3) is 0 Å². The molecule has 0 heterocycles. The van der Waals surface area contributed by atoms with Crippen LogP contribution in [0.3, 0.4) is 0 Å². The Bertz CT molecular complexity index is 585. The van der Waals surface area contributed by atoms with Gasteiger partial charge in [0.25, 0.3) is 0 Å². The van der Waals surface area contributed by atoms with Crippen LogP contribution in [-0.4, -0.2) is 28.2 Å². The Morgan fingerprint density at radius 3 is 2.70 bits per heavy atom. The van der Waals surface area contributed by atoms with E-state index in [0.717, 1.165) is 6.42 Å². The molecule has 1 unspecified atom stereocenters. The molecule has 0 fully saturated rings. The van der Waals surface area contributed by atoms with Crippen LogP contribution in [0.5, 0.6) is 0 Å². The number of aryl methyl sites for hydroxylation is 1. The molecular weight excluding hydrogens is 276 g/mol. The van der Waals surface area contributed by atoms with Gasteiger partial charge in [-0.3, -0.25) is 0 Å². The first kappa shape index (κ1) is 16.6. The molecule has 0 aliphatic carbocycles. The number of hydrogen-bond donors (Lipinski definition) is 1. The second-order valence-electron chi connectivity index (χ2n) is 4.65. The van der Waals surface area contributed by atoms with Crippen molar-refractivity contribution in [2.24, 2.45) is 0 Å². The van der Waals surface area contributed by atoms with Gasteiger partial charge < -0.3 is 4.74 Å². The highest BCUT2D eigenvalue weighted by Gasteiger charge is 2.21. The van der Waals surface area contributed by atoms with Gasteiger partial charge in [0.2, 0.25) is 10.0 Å². The van der Waals surface area contributed by atoms with Crippen molar-refractivity contribution in [3.05, 3.63) is 29.3 Å². The van der Waals surface area contributed by atoms with E-state index < -0.39 is 10.0 Å². The summed E-state index contributed by atoms with van der Waals surface area (Å²) < 4.78 is 32.5. The molecule has 1 aromatic rings. The molecular formula is C14H20N2O3S. The predicted molar refractivity (Wildman–Crippen MR) is 76.8 cm³/mol. The Morgan fingerprint density at radius 2 is 2.15 bits per heavy atom. The van der Waals surface area contributed by atoms with Gasteiger partial charge in [-0.2, -0.15) is 5.26 Å². The molecule has 0 spiro atoms. The number of nitrogens with zero attached hydrogens (tertiary/aromatic N) is 1. The standard InChI is InChI=1S/C14H20N2O3S/c1-4-5-13(10-19-3)16-20(17,18)14-8-12(9-15)7-6-11(14)2/h6-8,13,16H,4-5,10H2,1-3H3. The van der Waals surface area contributed by atoms with Gasteiger partial charge >= 0.3 is 0 Å². The lowest BCUT2D eigenvalue weighted by Crippen LogP contribution is -2.38. The lowest BCUT2D eigenvalue weighted by Gasteiger charge is -2.18. The molecule has 0 radical (unpaired) electrons. The quantitative estimate of drug-likeness (QED) is 0.834. The number of hydrogen-bond acceptors (Lipinski definition) is 4. The second kappa shape index (κ2) is 7.39. The van der Waals surface area contributed by atoms with Crippen molar-refractivity contribution in [1.82, 2.24) is 4.72 Å². The number of sulfonamides is 1. The van der Waals surface area contributed by atoms with Gasteiger partial charge in [-0.05, 0) is 31.0 Å². The summed E-state index contributed by atoms with van der Waals surface area (Å²) in [5.74, 6) is 0. The molecule has 1 N–H and O–H groups in total. The average molecular weight is 296 g/mol. The van der Waals surface area contributed by atoms with E-state index in [4.69, 9.17) is 10.00 Å². The Morgan fingerprint density at radius 1 is 1.45 bits per heavy atom. The minimum Gasteiger partial charge on any atom is -0.383 e. The smallest absolute Gasteiger partial charge is 0.241 e. The lowest BCUT2D eigenvalue weighted by molar-refractivity contribution is 0.171. The lowest BCUT2D eigenvalue weighted by atomic mass is 10.2. The number of methoxy groups -OCH3 is 1. The fourth-order valence-corrected chi connectivity index (χ4v) is 3.49. The second-order valence-corrected chi connectivity index (χ2v) is 6.34. The van der Waals surface area contributed by atoms with Crippen LogP contribution in [0, 0.1) is 18.3 Å². The van der Waals surface area contributed by atoms with Crippen molar-refractivity contribution >= 4 is 10.0 Å². The number of nitrogens with one attached hydrogen (secondary N) is 1. The monoisotopic (exact) mass is 296 g/mol. The van der Waals surface area contributed by atoms with Gasteiger partial charge in [0.15, 0.2) is 0 Å². The first-order valence-corrected chi connectivity index (χ1v) is 7.95. The first-order valence-electron chi connectivity index (χ1n) is 6.46. The SMILES string of the molecule is CCCC(COC)NS(=O)(=O)c1cc(C#N)ccc1C. The van der Waals surface area contributed by atoms with E-state index in [0.29, 0.717) is 24.2 Å². The first-order chi connectivity index (χ1) is 9.44. The molecule has 0 aliphatic heterocycles. The molecule has 0 aromatic heterocycles. The molecule has 0 bridgehead atoms. The third-order valence-electron chi connectivity index (χ3n) is 2.93. The molecule has 0 saturated carbocycles. The molecule has 0 aliphatic rings. The topological polar surface area (TPSA) is 79.2 Å². The largest absolute Gasteiger partial charge is 0.383 e. The van der Waals surface area contributed by atoms with Crippen molar-refractivity contribution in [2.75, 3.05) is 13.7 Å². The maximum absolute atomic E-state index is 12.4. The van der Waals surface area contributed by atoms with Crippen LogP contribution in [-0.2, 0) is 14.8 Å². The summed E-state index contributed by atoms with van der Waals surface area (Å²) in [6, 6.07) is 6.33. The highest BCUT2D eigenvalue weighted by atomic mass is 32.2. The summed E-state index contributed by atoms with van der Waals surface area (Å²) in [6.07, 6.45) is 1.55. The summed E-state index contributed by atoms with van der Waals surface area (Å²) in [5, 5.41) is 8.88. The Labute approximate surface area is 120 Å². The zero-order chi connectivity index (χ0) is 15.2. The minimum absolute atomic E-state index is 0.147. The van der Waals surface area contributed by atoms with Crippen LogP contribution in [0.4, 0.5) is 0 Å². The molecule has 6 heteroatoms. The maximum Gasteiger partial charge on any atom is 0.241 e. The van der Waals surface area contributed by atoms with Crippen LogP contribution < -0.4 is 4.72 Å². The molecule has 1 rings (SSSR count). The van der Waals surface area contributed by atoms with Crippen molar-refractivity contribution in [3.63, 3.8) is 0 Å². The van der Waals surface area contributed by atoms with E-state index in [1.54, 1.807) is 26.2 Å². The number of rotatable bonds is 7. The van der Waals surface area contributed by atoms with Crippen LogP contribution in [0.2, 0.25) is 0 Å². The van der Waals surface area contributed by atoms with Crippen molar-refractivity contribution in [2.45, 2.75) is 37.6 Å². The maximum atomic E-state index is 12.4. The van der Waals surface area contributed by atoms with Crippen LogP contribution >= 0.6 is 0 Å². The fourth-order valence-electron chi connectivity index (χ4n) is 1.97. The van der Waals surface area contributed by atoms with E-state index in [1.807, 2.05) is 13.0 Å². The summed E-state index contributed by atoms with van der Waals surface area (Å²) in [7, 11) is -2.11. The third-order valence-corrected chi connectivity index (χ3v) is 4.60. The van der Waals surface area contributed by atoms with Gasteiger partial charge in [0.05, 0.1) is 23.1 Å². The van der Waals surface area contributed by atoms with Crippen LogP contribution in [0.1, 0.15) is 30.9 Å². The molecule has 5 nitrogen and oxygen atoms in total.